The lowest BCUT2D eigenvalue weighted by atomic mass is 9.71. The number of aryl methyl sites for hydroxylation is 1. The molecule has 0 bridgehead atoms. The van der Waals surface area contributed by atoms with E-state index in [0.717, 1.165) is 5.57 Å². The number of rotatable bonds is 2. The molecule has 0 N–H and O–H groups in total. The number of Topliss-reactive ketones (excluding diaryl/α,β-unsaturated/α-hetero) is 1. The highest BCUT2D eigenvalue weighted by Crippen LogP contribution is 2.44. The lowest BCUT2D eigenvalue weighted by Crippen LogP contribution is -2.47. The van der Waals surface area contributed by atoms with Crippen LogP contribution in [0.3, 0.4) is 0 Å². The molecule has 1 aliphatic carbocycles. The van der Waals surface area contributed by atoms with Crippen LogP contribution in [0.2, 0.25) is 0 Å². The molecule has 0 amide bonds. The average molecular weight is 499 g/mol. The molecule has 5 rings (SSSR count). The SMILES string of the molecule is Cc1ccc(C2C3=C(Cn4c(=O)c5ccccc5c(=O)n42)CC(C)(C)CC3=O)cc1S(=O)(=O)Cl. The molecule has 3 aromatic rings. The summed E-state index contributed by atoms with van der Waals surface area (Å²) in [7, 11) is 1.61. The van der Waals surface area contributed by atoms with E-state index >= 15 is 0 Å². The van der Waals surface area contributed by atoms with E-state index in [1.54, 1.807) is 43.3 Å². The van der Waals surface area contributed by atoms with E-state index in [9.17, 15) is 22.8 Å². The van der Waals surface area contributed by atoms with Crippen LogP contribution in [0, 0.1) is 12.3 Å². The molecule has 2 aromatic carbocycles. The van der Waals surface area contributed by atoms with Crippen molar-refractivity contribution in [2.24, 2.45) is 5.41 Å². The Balaban J connectivity index is 1.90. The Hall–Kier alpha value is -2.97. The van der Waals surface area contributed by atoms with Gasteiger partial charge < -0.3 is 0 Å². The van der Waals surface area contributed by atoms with Gasteiger partial charge in [0.25, 0.3) is 20.2 Å². The Bertz CT molecular complexity index is 1660. The number of nitrogens with zero attached hydrogens (tertiary/aromatic N) is 2. The highest BCUT2D eigenvalue weighted by atomic mass is 35.7. The van der Waals surface area contributed by atoms with Crippen molar-refractivity contribution in [3.8, 4) is 0 Å². The van der Waals surface area contributed by atoms with Crippen molar-refractivity contribution >= 4 is 36.3 Å². The van der Waals surface area contributed by atoms with Gasteiger partial charge >= 0.3 is 0 Å². The molecule has 1 aromatic heterocycles. The van der Waals surface area contributed by atoms with Crippen LogP contribution in [0.1, 0.15) is 43.9 Å². The molecular weight excluding hydrogens is 476 g/mol. The quantitative estimate of drug-likeness (QED) is 0.502. The minimum atomic E-state index is -4.07. The van der Waals surface area contributed by atoms with Crippen LogP contribution >= 0.6 is 10.7 Å². The Kier molecular flexibility index (Phi) is 5.04. The van der Waals surface area contributed by atoms with Gasteiger partial charge in [-0.15, -0.1) is 0 Å². The van der Waals surface area contributed by atoms with E-state index < -0.39 is 20.7 Å². The summed E-state index contributed by atoms with van der Waals surface area (Å²) < 4.78 is 27.2. The molecule has 0 radical (unpaired) electrons. The zero-order valence-electron chi connectivity index (χ0n) is 19.0. The number of aromatic nitrogens is 2. The highest BCUT2D eigenvalue weighted by molar-refractivity contribution is 8.13. The van der Waals surface area contributed by atoms with E-state index in [0.29, 0.717) is 34.9 Å². The monoisotopic (exact) mass is 498 g/mol. The number of carbonyl (C=O) groups excluding carboxylic acids is 1. The van der Waals surface area contributed by atoms with Gasteiger partial charge in [-0.25, -0.2) is 17.8 Å². The number of carbonyl (C=O) groups is 1. The van der Waals surface area contributed by atoms with Crippen molar-refractivity contribution in [3.63, 3.8) is 0 Å². The van der Waals surface area contributed by atoms with Crippen LogP contribution < -0.4 is 11.1 Å². The number of hydrogen-bond donors (Lipinski definition) is 0. The molecular formula is C25H23ClN2O5S. The largest absolute Gasteiger partial charge is 0.294 e. The summed E-state index contributed by atoms with van der Waals surface area (Å²) in [5, 5.41) is 0.555. The van der Waals surface area contributed by atoms with Crippen LogP contribution in [0.4, 0.5) is 0 Å². The van der Waals surface area contributed by atoms with Crippen molar-refractivity contribution < 1.29 is 13.2 Å². The number of benzene rings is 2. The van der Waals surface area contributed by atoms with Crippen LogP contribution in [0.15, 0.2) is 68.1 Å². The molecule has 2 heterocycles. The second-order valence-electron chi connectivity index (χ2n) is 9.88. The number of hydrogen-bond acceptors (Lipinski definition) is 5. The van der Waals surface area contributed by atoms with Crippen LogP contribution in [0.25, 0.3) is 10.8 Å². The topological polar surface area (TPSA) is 95.2 Å². The molecule has 0 fully saturated rings. The molecule has 34 heavy (non-hydrogen) atoms. The zero-order chi connectivity index (χ0) is 24.6. The lowest BCUT2D eigenvalue weighted by molar-refractivity contribution is -0.118. The van der Waals surface area contributed by atoms with E-state index in [4.69, 9.17) is 10.7 Å². The number of ketones is 1. The summed E-state index contributed by atoms with van der Waals surface area (Å²) >= 11 is 0. The van der Waals surface area contributed by atoms with Crippen LogP contribution in [-0.4, -0.2) is 23.6 Å². The third-order valence-electron chi connectivity index (χ3n) is 6.75. The first-order valence-corrected chi connectivity index (χ1v) is 13.2. The van der Waals surface area contributed by atoms with E-state index in [2.05, 4.69) is 0 Å². The first-order chi connectivity index (χ1) is 15.9. The van der Waals surface area contributed by atoms with E-state index in [1.807, 2.05) is 13.8 Å². The smallest absolute Gasteiger partial charge is 0.274 e. The Morgan fingerprint density at radius 3 is 2.26 bits per heavy atom. The van der Waals surface area contributed by atoms with Gasteiger partial charge in [-0.2, -0.15) is 0 Å². The van der Waals surface area contributed by atoms with Crippen molar-refractivity contribution in [3.05, 3.63) is 85.4 Å². The molecule has 1 aliphatic heterocycles. The third-order valence-corrected chi connectivity index (χ3v) is 8.22. The van der Waals surface area contributed by atoms with Crippen molar-refractivity contribution in [2.45, 2.75) is 51.1 Å². The minimum Gasteiger partial charge on any atom is -0.294 e. The minimum absolute atomic E-state index is 0.0919. The summed E-state index contributed by atoms with van der Waals surface area (Å²) in [4.78, 5) is 40.5. The maximum absolute atomic E-state index is 13.7. The second kappa shape index (κ2) is 7.52. The van der Waals surface area contributed by atoms with Gasteiger partial charge in [0, 0.05) is 22.7 Å². The van der Waals surface area contributed by atoms with Gasteiger partial charge in [0.15, 0.2) is 5.78 Å². The Labute approximate surface area is 200 Å². The predicted molar refractivity (Wildman–Crippen MR) is 130 cm³/mol. The lowest BCUT2D eigenvalue weighted by Gasteiger charge is -2.40. The van der Waals surface area contributed by atoms with Crippen LogP contribution in [0.5, 0.6) is 0 Å². The first kappa shape index (κ1) is 22.8. The third kappa shape index (κ3) is 3.47. The molecule has 0 saturated heterocycles. The first-order valence-electron chi connectivity index (χ1n) is 10.9. The summed E-state index contributed by atoms with van der Waals surface area (Å²) in [6.07, 6.45) is 0.881. The Morgan fingerprint density at radius 2 is 1.62 bits per heavy atom. The van der Waals surface area contributed by atoms with Gasteiger partial charge in [-0.05, 0) is 53.7 Å². The summed E-state index contributed by atoms with van der Waals surface area (Å²) in [6.45, 7) is 5.75. The zero-order valence-corrected chi connectivity index (χ0v) is 20.5. The normalized spacial score (nSPS) is 19.8. The average Bonchev–Trinajstić information content (AvgIpc) is 2.75. The highest BCUT2D eigenvalue weighted by Gasteiger charge is 2.41. The predicted octanol–water partition coefficient (Wildman–Crippen LogP) is 3.69. The molecule has 1 unspecified atom stereocenters. The summed E-state index contributed by atoms with van der Waals surface area (Å²) in [5.74, 6) is -0.106. The maximum Gasteiger partial charge on any atom is 0.274 e. The van der Waals surface area contributed by atoms with Gasteiger partial charge in [-0.1, -0.05) is 38.1 Å². The Morgan fingerprint density at radius 1 is 0.971 bits per heavy atom. The molecule has 1 atom stereocenters. The fourth-order valence-electron chi connectivity index (χ4n) is 5.34. The molecule has 9 heteroatoms. The molecule has 0 saturated carbocycles. The van der Waals surface area contributed by atoms with Gasteiger partial charge in [-0.3, -0.25) is 14.4 Å². The summed E-state index contributed by atoms with van der Waals surface area (Å²) in [6, 6.07) is 10.3. The number of fused-ring (bicyclic) bond motifs is 2. The van der Waals surface area contributed by atoms with Gasteiger partial charge in [0.1, 0.15) is 6.04 Å². The summed E-state index contributed by atoms with van der Waals surface area (Å²) in [5.41, 5.74) is 1.07. The van der Waals surface area contributed by atoms with Gasteiger partial charge in [0.05, 0.1) is 22.2 Å². The molecule has 2 aliphatic rings. The molecule has 7 nitrogen and oxygen atoms in total. The van der Waals surface area contributed by atoms with Crippen molar-refractivity contribution in [1.29, 1.82) is 0 Å². The fourth-order valence-corrected chi connectivity index (χ4v) is 6.57. The fraction of sp³-hybridized carbons (Fsp3) is 0.320. The maximum atomic E-state index is 13.7. The van der Waals surface area contributed by atoms with Gasteiger partial charge in [0.2, 0.25) is 0 Å². The van der Waals surface area contributed by atoms with Crippen molar-refractivity contribution in [2.75, 3.05) is 0 Å². The number of halogens is 1. The number of allylic oxidation sites excluding steroid dienone is 2. The molecule has 176 valence electrons. The van der Waals surface area contributed by atoms with Crippen LogP contribution in [-0.2, 0) is 20.4 Å². The standard InChI is InChI=1S/C25H23ClN2O5S/c1-14-8-9-15(10-20(14)34(26,32)33)22-21-16(11-25(2,3)12-19(21)29)13-27-23(30)17-6-4-5-7-18(17)24(31)28(22)27/h4-10,22H,11-13H2,1-3H3. The molecule has 0 spiro atoms. The second-order valence-corrected chi connectivity index (χ2v) is 12.4. The van der Waals surface area contributed by atoms with E-state index in [-0.39, 0.29) is 33.6 Å². The van der Waals surface area contributed by atoms with Crippen molar-refractivity contribution in [1.82, 2.24) is 9.36 Å². The van der Waals surface area contributed by atoms with E-state index in [1.165, 1.54) is 15.4 Å².